The minimum atomic E-state index is -0.0200. The van der Waals surface area contributed by atoms with E-state index in [0.29, 0.717) is 31.4 Å². The predicted octanol–water partition coefficient (Wildman–Crippen LogP) is 20.5. The number of unbranched alkanes of at least 4 members (excludes halogenated alkanes) is 30. The Morgan fingerprint density at radius 2 is 0.707 bits per heavy atom. The third-order valence-electron chi connectivity index (χ3n) is 15.4. The first-order chi connectivity index (χ1) is 36.7. The molecule has 452 valence electrons. The number of ether oxygens (including phenoxy) is 1. The maximum Gasteiger partial charge on any atom is 0.305 e. The van der Waals surface area contributed by atoms with Crippen molar-refractivity contribution in [2.24, 2.45) is 5.92 Å². The Hall–Kier alpha value is -1.18. The molecule has 0 aliphatic carbocycles. The highest BCUT2D eigenvalue weighted by Crippen LogP contribution is 2.22. The fraction of sp³-hybridized carbons (Fsp3) is 0.971. The van der Waals surface area contributed by atoms with Gasteiger partial charge < -0.3 is 19.4 Å². The molecule has 1 rings (SSSR count). The molecule has 0 atom stereocenters. The zero-order chi connectivity index (χ0) is 55.9. The molecule has 1 heterocycles. The second-order valence-corrected chi connectivity index (χ2v) is 23.1. The van der Waals surface area contributed by atoms with Gasteiger partial charge in [-0.15, -0.1) is 0 Å². The zero-order valence-corrected chi connectivity index (χ0v) is 53.8. The summed E-state index contributed by atoms with van der Waals surface area (Å²) in [6.45, 7) is 36.3. The molecule has 0 N–H and O–H groups in total. The molecule has 1 fully saturated rings. The van der Waals surface area contributed by atoms with Crippen LogP contribution in [0.3, 0.4) is 0 Å². The Balaban J connectivity index is -0.00000300. The maximum absolute atomic E-state index is 13.9. The molecule has 0 bridgehead atoms. The minimum Gasteiger partial charge on any atom is -0.466 e. The fourth-order valence-corrected chi connectivity index (χ4v) is 10.1. The van der Waals surface area contributed by atoms with Gasteiger partial charge in [-0.2, -0.15) is 0 Å². The molecule has 0 aromatic carbocycles. The van der Waals surface area contributed by atoms with Gasteiger partial charge in [0.05, 0.1) is 13.2 Å². The van der Waals surface area contributed by atoms with Crippen LogP contribution in [0.5, 0.6) is 0 Å². The Bertz CT molecular complexity index is 1040. The van der Waals surface area contributed by atoms with E-state index >= 15 is 0 Å². The second-order valence-electron chi connectivity index (χ2n) is 23.1. The summed E-state index contributed by atoms with van der Waals surface area (Å²) in [6, 6.07) is 0. The van der Waals surface area contributed by atoms with Gasteiger partial charge in [-0.25, -0.2) is 0 Å². The summed E-state index contributed by atoms with van der Waals surface area (Å²) in [5.41, 5.74) is 0. The predicted molar refractivity (Wildman–Crippen MR) is 337 cm³/mol. The number of carbonyl (C=O) groups is 2. The Morgan fingerprint density at radius 1 is 0.373 bits per heavy atom. The van der Waals surface area contributed by atoms with E-state index in [4.69, 9.17) is 4.74 Å². The van der Waals surface area contributed by atoms with Gasteiger partial charge in [-0.3, -0.25) is 14.5 Å². The molecule has 1 aliphatic heterocycles. The SMILES string of the molecule is CCC.CCCCC.CCCCCCC.CCCCCCCCCC(=O)OCCCN(CC)CCC1CCN(C(=O)CN(CCCCCCCCC)CCN(CCCCCCCCC)CCCCCCCCC)CC1. The molecule has 0 aromatic rings. The van der Waals surface area contributed by atoms with Gasteiger partial charge in [-0.1, -0.05) is 288 Å². The summed E-state index contributed by atoms with van der Waals surface area (Å²) in [4.78, 5) is 36.1. The van der Waals surface area contributed by atoms with Gasteiger partial charge in [0.1, 0.15) is 0 Å². The lowest BCUT2D eigenvalue weighted by molar-refractivity contribution is -0.144. The molecule has 75 heavy (non-hydrogen) atoms. The van der Waals surface area contributed by atoms with Crippen molar-refractivity contribution < 1.29 is 14.3 Å². The van der Waals surface area contributed by atoms with E-state index in [2.05, 4.69) is 95.8 Å². The Kier molecular flexibility index (Phi) is 69.8. The normalized spacial score (nSPS) is 12.6. The van der Waals surface area contributed by atoms with Crippen molar-refractivity contribution in [2.75, 3.05) is 78.6 Å². The van der Waals surface area contributed by atoms with E-state index in [1.54, 1.807) is 0 Å². The number of rotatable bonds is 51. The molecular formula is C68H142N4O3. The largest absolute Gasteiger partial charge is 0.466 e. The van der Waals surface area contributed by atoms with Crippen molar-refractivity contribution in [1.29, 1.82) is 0 Å². The highest BCUT2D eigenvalue weighted by atomic mass is 16.5. The molecule has 0 unspecified atom stereocenters. The highest BCUT2D eigenvalue weighted by molar-refractivity contribution is 5.78. The lowest BCUT2D eigenvalue weighted by atomic mass is 9.93. The monoisotopic (exact) mass is 1060 g/mol. The molecule has 1 amide bonds. The number of nitrogens with zero attached hydrogens (tertiary/aromatic N) is 4. The number of carbonyl (C=O) groups excluding carboxylic acids is 2. The van der Waals surface area contributed by atoms with Crippen LogP contribution >= 0.6 is 0 Å². The van der Waals surface area contributed by atoms with Crippen LogP contribution < -0.4 is 0 Å². The summed E-state index contributed by atoms with van der Waals surface area (Å²) in [5.74, 6) is 1.03. The number of hydrogen-bond acceptors (Lipinski definition) is 6. The van der Waals surface area contributed by atoms with Crippen molar-refractivity contribution in [3.05, 3.63) is 0 Å². The van der Waals surface area contributed by atoms with Crippen molar-refractivity contribution in [2.45, 2.75) is 346 Å². The standard InChI is InChI=1S/C53H106N4O3.C7H16.C5H12.C3H8/c1-6-11-15-19-23-27-31-36-53(59)60-49-35-43-54(10-5)44-37-51-38-45-57(46-39-51)52(58)50-56(42-34-30-26-22-18-14-9-4)48-47-55(40-32-28-24-20-16-12-7-2)41-33-29-25-21-17-13-8-3;1-3-5-7-6-4-2;1-3-5-4-2;1-3-2/h51H,6-50H2,1-5H3;3-7H2,1-2H3;3-5H2,1-2H3;3H2,1-2H3. The van der Waals surface area contributed by atoms with Crippen LogP contribution in [0, 0.1) is 5.92 Å². The summed E-state index contributed by atoms with van der Waals surface area (Å²) in [7, 11) is 0. The van der Waals surface area contributed by atoms with E-state index in [9.17, 15) is 9.59 Å². The number of hydrogen-bond donors (Lipinski definition) is 0. The third kappa shape index (κ3) is 60.3. The number of piperidine rings is 1. The molecule has 1 saturated heterocycles. The van der Waals surface area contributed by atoms with E-state index in [1.165, 1.54) is 244 Å². The topological polar surface area (TPSA) is 56.3 Å². The van der Waals surface area contributed by atoms with Crippen LogP contribution in [0.4, 0.5) is 0 Å². The quantitative estimate of drug-likeness (QED) is 0.0447. The first-order valence-corrected chi connectivity index (χ1v) is 34.3. The highest BCUT2D eigenvalue weighted by Gasteiger charge is 2.25. The number of esters is 1. The molecule has 0 aromatic heterocycles. The van der Waals surface area contributed by atoms with Crippen LogP contribution in [0.15, 0.2) is 0 Å². The molecular weight excluding hydrogens is 921 g/mol. The van der Waals surface area contributed by atoms with Gasteiger partial charge in [0, 0.05) is 39.1 Å². The smallest absolute Gasteiger partial charge is 0.305 e. The van der Waals surface area contributed by atoms with Gasteiger partial charge >= 0.3 is 5.97 Å². The maximum atomic E-state index is 13.9. The van der Waals surface area contributed by atoms with Crippen LogP contribution in [-0.4, -0.2) is 110 Å². The summed E-state index contributed by atoms with van der Waals surface area (Å²) in [5, 5.41) is 0. The molecule has 0 radical (unpaired) electrons. The van der Waals surface area contributed by atoms with Crippen LogP contribution in [-0.2, 0) is 14.3 Å². The van der Waals surface area contributed by atoms with Crippen LogP contribution in [0.1, 0.15) is 346 Å². The summed E-state index contributed by atoms with van der Waals surface area (Å²) >= 11 is 0. The molecule has 7 heteroatoms. The van der Waals surface area contributed by atoms with E-state index in [1.807, 2.05) is 0 Å². The number of amides is 1. The van der Waals surface area contributed by atoms with Crippen molar-refractivity contribution >= 4 is 11.9 Å². The number of likely N-dealkylation sites (tertiary alicyclic amines) is 1. The lowest BCUT2D eigenvalue weighted by Crippen LogP contribution is -2.46. The van der Waals surface area contributed by atoms with Crippen LogP contribution in [0.25, 0.3) is 0 Å². The van der Waals surface area contributed by atoms with E-state index in [-0.39, 0.29) is 5.97 Å². The zero-order valence-electron chi connectivity index (χ0n) is 53.8. The van der Waals surface area contributed by atoms with Gasteiger partial charge in [0.25, 0.3) is 0 Å². The average molecular weight is 1060 g/mol. The van der Waals surface area contributed by atoms with Crippen molar-refractivity contribution in [3.63, 3.8) is 0 Å². The first kappa shape index (κ1) is 78.0. The molecule has 1 aliphatic rings. The Labute approximate surface area is 474 Å². The van der Waals surface area contributed by atoms with Crippen molar-refractivity contribution in [3.8, 4) is 0 Å². The van der Waals surface area contributed by atoms with Gasteiger partial charge in [0.15, 0.2) is 0 Å². The summed E-state index contributed by atoms with van der Waals surface area (Å²) < 4.78 is 5.57. The minimum absolute atomic E-state index is 0.0200. The second kappa shape index (κ2) is 67.1. The third-order valence-corrected chi connectivity index (χ3v) is 15.4. The van der Waals surface area contributed by atoms with Gasteiger partial charge in [-0.05, 0) is 90.0 Å². The van der Waals surface area contributed by atoms with Gasteiger partial charge in [0.2, 0.25) is 5.91 Å². The van der Waals surface area contributed by atoms with E-state index in [0.717, 1.165) is 84.5 Å². The van der Waals surface area contributed by atoms with Crippen molar-refractivity contribution in [1.82, 2.24) is 19.6 Å². The van der Waals surface area contributed by atoms with Crippen LogP contribution in [0.2, 0.25) is 0 Å². The molecule has 0 saturated carbocycles. The lowest BCUT2D eigenvalue weighted by Gasteiger charge is -2.35. The average Bonchev–Trinajstić information content (AvgIpc) is 3.41. The molecule has 0 spiro atoms. The fourth-order valence-electron chi connectivity index (χ4n) is 10.1. The Morgan fingerprint density at radius 3 is 1.09 bits per heavy atom. The molecule has 7 nitrogen and oxygen atoms in total. The summed E-state index contributed by atoms with van der Waals surface area (Å²) in [6.07, 6.45) is 54.2. The first-order valence-electron chi connectivity index (χ1n) is 34.3. The van der Waals surface area contributed by atoms with E-state index < -0.39 is 0 Å².